The van der Waals surface area contributed by atoms with Crippen LogP contribution in [-0.2, 0) is 10.0 Å². The van der Waals surface area contributed by atoms with E-state index in [0.717, 1.165) is 5.56 Å². The molecule has 0 saturated carbocycles. The van der Waals surface area contributed by atoms with Crippen LogP contribution in [0, 0.1) is 6.92 Å². The molecule has 0 unspecified atom stereocenters. The number of carbonyl (C=O) groups is 1. The van der Waals surface area contributed by atoms with Gasteiger partial charge in [-0.1, -0.05) is 65.7 Å². The van der Waals surface area contributed by atoms with E-state index in [9.17, 15) is 13.2 Å². The maximum Gasteiger partial charge on any atom is 0.261 e. The third-order valence-electron chi connectivity index (χ3n) is 5.95. The lowest BCUT2D eigenvalue weighted by Crippen LogP contribution is -2.16. The van der Waals surface area contributed by atoms with Crippen LogP contribution in [0.5, 0.6) is 0 Å². The lowest BCUT2D eigenvalue weighted by molar-refractivity contribution is 0.102. The second kappa shape index (κ2) is 10.5. The van der Waals surface area contributed by atoms with Gasteiger partial charge in [-0.05, 0) is 67.1 Å². The first-order valence-electron chi connectivity index (χ1n) is 11.6. The number of anilines is 2. The fraction of sp³-hybridized carbons (Fsp3) is 0.0345. The highest BCUT2D eigenvalue weighted by atomic mass is 35.5. The zero-order valence-electron chi connectivity index (χ0n) is 20.1. The van der Waals surface area contributed by atoms with Crippen molar-refractivity contribution in [3.63, 3.8) is 0 Å². The summed E-state index contributed by atoms with van der Waals surface area (Å²) >= 11 is 12.0. The first-order valence-corrected chi connectivity index (χ1v) is 13.8. The molecule has 0 spiro atoms. The molecule has 2 N–H and O–H groups in total. The van der Waals surface area contributed by atoms with E-state index in [1.165, 1.54) is 18.2 Å². The highest BCUT2D eigenvalue weighted by Gasteiger charge is 2.19. The van der Waals surface area contributed by atoms with E-state index >= 15 is 0 Å². The van der Waals surface area contributed by atoms with Crippen molar-refractivity contribution in [2.75, 3.05) is 10.0 Å². The molecule has 0 radical (unpaired) electrons. The molecule has 0 aliphatic carbocycles. The van der Waals surface area contributed by atoms with Crippen LogP contribution < -0.4 is 10.0 Å². The van der Waals surface area contributed by atoms with Gasteiger partial charge in [0, 0.05) is 26.7 Å². The number of para-hydroxylation sites is 1. The van der Waals surface area contributed by atoms with Crippen LogP contribution in [0.4, 0.5) is 11.4 Å². The fourth-order valence-corrected chi connectivity index (χ4v) is 5.38. The molecule has 9 heteroatoms. The number of fused-ring (bicyclic) bond motifs is 1. The van der Waals surface area contributed by atoms with Crippen molar-refractivity contribution in [1.29, 1.82) is 0 Å². The Kier molecular flexibility index (Phi) is 7.08. The Morgan fingerprint density at radius 2 is 1.58 bits per heavy atom. The predicted octanol–water partition coefficient (Wildman–Crippen LogP) is 7.57. The van der Waals surface area contributed by atoms with Gasteiger partial charge in [0.1, 0.15) is 0 Å². The monoisotopic (exact) mass is 561 g/mol. The maximum atomic E-state index is 13.6. The standard InChI is InChI=1S/C29H21Cl2N3O3S/c1-18-9-14-23(38(36,37)34-22-6-4-5-21(31)15-22)16-27(18)33-29(35)25-17-28(19-10-12-20(30)13-11-19)32-26-8-3-2-7-24(25)26/h2-17,34H,1H3,(H,33,35). The predicted molar refractivity (Wildman–Crippen MR) is 154 cm³/mol. The number of hydrogen-bond donors (Lipinski definition) is 2. The SMILES string of the molecule is Cc1ccc(S(=O)(=O)Nc2cccc(Cl)c2)cc1NC(=O)c1cc(-c2ccc(Cl)cc2)nc2ccccc12. The summed E-state index contributed by atoms with van der Waals surface area (Å²) in [7, 11) is -3.93. The zero-order valence-corrected chi connectivity index (χ0v) is 22.4. The molecular formula is C29H21Cl2N3O3S. The van der Waals surface area contributed by atoms with E-state index in [4.69, 9.17) is 28.2 Å². The normalized spacial score (nSPS) is 11.3. The molecule has 38 heavy (non-hydrogen) atoms. The highest BCUT2D eigenvalue weighted by Crippen LogP contribution is 2.28. The third kappa shape index (κ3) is 5.50. The second-order valence-electron chi connectivity index (χ2n) is 8.63. The van der Waals surface area contributed by atoms with Gasteiger partial charge in [0.2, 0.25) is 0 Å². The molecular weight excluding hydrogens is 541 g/mol. The zero-order chi connectivity index (χ0) is 26.9. The summed E-state index contributed by atoms with van der Waals surface area (Å²) in [4.78, 5) is 18.3. The van der Waals surface area contributed by atoms with Crippen molar-refractivity contribution in [2.24, 2.45) is 0 Å². The second-order valence-corrected chi connectivity index (χ2v) is 11.2. The number of halogens is 2. The molecule has 5 rings (SSSR count). The Bertz CT molecular complexity index is 1790. The first kappa shape index (κ1) is 25.7. The number of carbonyl (C=O) groups excluding carboxylic acids is 1. The third-order valence-corrected chi connectivity index (χ3v) is 7.81. The number of nitrogens with one attached hydrogen (secondary N) is 2. The Balaban J connectivity index is 1.50. The minimum absolute atomic E-state index is 0.000171. The number of benzene rings is 4. The molecule has 4 aromatic carbocycles. The number of aryl methyl sites for hydroxylation is 1. The van der Waals surface area contributed by atoms with Crippen LogP contribution in [-0.4, -0.2) is 19.3 Å². The quantitative estimate of drug-likeness (QED) is 0.224. The minimum Gasteiger partial charge on any atom is -0.322 e. The van der Waals surface area contributed by atoms with E-state index in [1.54, 1.807) is 49.4 Å². The molecule has 0 fully saturated rings. The molecule has 1 heterocycles. The maximum absolute atomic E-state index is 13.6. The van der Waals surface area contributed by atoms with Gasteiger partial charge in [0.05, 0.1) is 27.4 Å². The summed E-state index contributed by atoms with van der Waals surface area (Å²) in [5.41, 5.74) is 3.90. The molecule has 0 atom stereocenters. The first-order chi connectivity index (χ1) is 18.2. The van der Waals surface area contributed by atoms with Crippen LogP contribution in [0.25, 0.3) is 22.2 Å². The van der Waals surface area contributed by atoms with Gasteiger partial charge in [-0.3, -0.25) is 9.52 Å². The summed E-state index contributed by atoms with van der Waals surface area (Å²) in [6, 6.07) is 27.3. The van der Waals surface area contributed by atoms with Crippen molar-refractivity contribution in [1.82, 2.24) is 4.98 Å². The fourth-order valence-electron chi connectivity index (χ4n) is 3.99. The van der Waals surface area contributed by atoms with Crippen molar-refractivity contribution in [2.45, 2.75) is 11.8 Å². The van der Waals surface area contributed by atoms with Gasteiger partial charge < -0.3 is 5.32 Å². The smallest absolute Gasteiger partial charge is 0.261 e. The van der Waals surface area contributed by atoms with Gasteiger partial charge in [0.15, 0.2) is 0 Å². The molecule has 0 aliphatic heterocycles. The lowest BCUT2D eigenvalue weighted by Gasteiger charge is -2.14. The number of hydrogen-bond acceptors (Lipinski definition) is 4. The van der Waals surface area contributed by atoms with Gasteiger partial charge in [-0.2, -0.15) is 0 Å². The van der Waals surface area contributed by atoms with Crippen molar-refractivity contribution < 1.29 is 13.2 Å². The molecule has 0 saturated heterocycles. The van der Waals surface area contributed by atoms with Crippen LogP contribution >= 0.6 is 23.2 Å². The minimum atomic E-state index is -3.93. The summed E-state index contributed by atoms with van der Waals surface area (Å²) in [5.74, 6) is -0.390. The van der Waals surface area contributed by atoms with Crippen LogP contribution in [0.3, 0.4) is 0 Å². The van der Waals surface area contributed by atoms with E-state index in [0.29, 0.717) is 49.1 Å². The number of sulfonamides is 1. The number of aromatic nitrogens is 1. The average molecular weight is 562 g/mol. The van der Waals surface area contributed by atoms with E-state index in [2.05, 4.69) is 10.0 Å². The molecule has 1 aromatic heterocycles. The summed E-state index contributed by atoms with van der Waals surface area (Å²) in [6.45, 7) is 1.79. The van der Waals surface area contributed by atoms with Crippen molar-refractivity contribution >= 4 is 61.4 Å². The van der Waals surface area contributed by atoms with E-state index in [1.807, 2.05) is 36.4 Å². The van der Waals surface area contributed by atoms with Gasteiger partial charge in [0.25, 0.3) is 15.9 Å². The molecule has 6 nitrogen and oxygen atoms in total. The van der Waals surface area contributed by atoms with Crippen LogP contribution in [0.1, 0.15) is 15.9 Å². The summed E-state index contributed by atoms with van der Waals surface area (Å²) < 4.78 is 28.6. The molecule has 0 bridgehead atoms. The number of nitrogens with zero attached hydrogens (tertiary/aromatic N) is 1. The lowest BCUT2D eigenvalue weighted by atomic mass is 10.0. The molecule has 190 valence electrons. The van der Waals surface area contributed by atoms with Gasteiger partial charge >= 0.3 is 0 Å². The molecule has 0 aliphatic rings. The number of rotatable bonds is 6. The van der Waals surface area contributed by atoms with Gasteiger partial charge in [-0.25, -0.2) is 13.4 Å². The Morgan fingerprint density at radius 1 is 0.816 bits per heavy atom. The number of pyridine rings is 1. The van der Waals surface area contributed by atoms with Crippen LogP contribution in [0.2, 0.25) is 10.0 Å². The van der Waals surface area contributed by atoms with E-state index < -0.39 is 10.0 Å². The van der Waals surface area contributed by atoms with Crippen molar-refractivity contribution in [3.05, 3.63) is 118 Å². The summed E-state index contributed by atoms with van der Waals surface area (Å²) in [5, 5.41) is 4.57. The van der Waals surface area contributed by atoms with E-state index in [-0.39, 0.29) is 10.8 Å². The highest BCUT2D eigenvalue weighted by molar-refractivity contribution is 7.92. The summed E-state index contributed by atoms with van der Waals surface area (Å²) in [6.07, 6.45) is 0. The Labute approximate surface area is 230 Å². The van der Waals surface area contributed by atoms with Crippen LogP contribution in [0.15, 0.2) is 102 Å². The van der Waals surface area contributed by atoms with Gasteiger partial charge in [-0.15, -0.1) is 0 Å². The molecule has 1 amide bonds. The number of amides is 1. The molecule has 5 aromatic rings. The Morgan fingerprint density at radius 3 is 2.34 bits per heavy atom. The topological polar surface area (TPSA) is 88.2 Å². The largest absolute Gasteiger partial charge is 0.322 e. The average Bonchev–Trinajstić information content (AvgIpc) is 2.89. The Hall–Kier alpha value is -3.91. The van der Waals surface area contributed by atoms with Crippen molar-refractivity contribution in [3.8, 4) is 11.3 Å².